The largest absolute Gasteiger partial charge is 0.369 e. The zero-order valence-electron chi connectivity index (χ0n) is 14.6. The average molecular weight is 410 g/mol. The van der Waals surface area contributed by atoms with Gasteiger partial charge in [-0.2, -0.15) is 0 Å². The normalized spacial score (nSPS) is 15.7. The molecule has 0 amide bonds. The van der Waals surface area contributed by atoms with Gasteiger partial charge in [-0.25, -0.2) is 8.42 Å². The van der Waals surface area contributed by atoms with Crippen molar-refractivity contribution in [1.29, 1.82) is 0 Å². The van der Waals surface area contributed by atoms with Crippen LogP contribution in [0.25, 0.3) is 0 Å². The molecule has 1 saturated heterocycles. The summed E-state index contributed by atoms with van der Waals surface area (Å²) >= 11 is 5.81. The van der Waals surface area contributed by atoms with E-state index in [9.17, 15) is 18.5 Å². The van der Waals surface area contributed by atoms with Gasteiger partial charge in [0.2, 0.25) is 0 Å². The van der Waals surface area contributed by atoms with Crippen molar-refractivity contribution in [3.8, 4) is 0 Å². The standard InChI is InChI=1S/C18H20ClN3O4S/c19-15-1-7-18(8-2-15)27(25,26)14-13-20-9-11-21(12-10-20)16-3-5-17(6-4-16)22(23)24/h1-8H,9-14H2. The number of halogens is 1. The van der Waals surface area contributed by atoms with Gasteiger partial charge in [0, 0.05) is 55.6 Å². The Morgan fingerprint density at radius 1 is 0.963 bits per heavy atom. The van der Waals surface area contributed by atoms with E-state index < -0.39 is 14.8 Å². The number of sulfone groups is 1. The summed E-state index contributed by atoms with van der Waals surface area (Å²) in [5.74, 6) is 0.0617. The second kappa shape index (κ2) is 8.24. The van der Waals surface area contributed by atoms with E-state index in [-0.39, 0.29) is 16.3 Å². The van der Waals surface area contributed by atoms with Gasteiger partial charge in [-0.15, -0.1) is 0 Å². The first-order valence-electron chi connectivity index (χ1n) is 8.55. The maximum absolute atomic E-state index is 12.4. The molecule has 27 heavy (non-hydrogen) atoms. The third-order valence-corrected chi connectivity index (χ3v) is 6.61. The number of non-ortho nitro benzene ring substituents is 1. The molecule has 1 aliphatic heterocycles. The Hall–Kier alpha value is -2.16. The number of piperazine rings is 1. The minimum absolute atomic E-state index is 0.0617. The number of hydrogen-bond acceptors (Lipinski definition) is 6. The molecule has 1 heterocycles. The number of nitro groups is 1. The van der Waals surface area contributed by atoms with Crippen LogP contribution in [0.4, 0.5) is 11.4 Å². The SMILES string of the molecule is O=[N+]([O-])c1ccc(N2CCN(CCS(=O)(=O)c3ccc(Cl)cc3)CC2)cc1. The molecule has 1 aliphatic rings. The average Bonchev–Trinajstić information content (AvgIpc) is 2.67. The molecule has 0 bridgehead atoms. The molecule has 2 aromatic rings. The molecule has 9 heteroatoms. The Balaban J connectivity index is 1.52. The van der Waals surface area contributed by atoms with E-state index in [0.29, 0.717) is 11.6 Å². The predicted octanol–water partition coefficient (Wildman–Crippen LogP) is 2.84. The van der Waals surface area contributed by atoms with Crippen LogP contribution in [0.5, 0.6) is 0 Å². The molecule has 1 fully saturated rings. The molecule has 144 valence electrons. The zero-order chi connectivity index (χ0) is 19.4. The molecule has 0 aromatic heterocycles. The van der Waals surface area contributed by atoms with E-state index in [2.05, 4.69) is 9.80 Å². The summed E-state index contributed by atoms with van der Waals surface area (Å²) in [5.41, 5.74) is 1.01. The van der Waals surface area contributed by atoms with Crippen LogP contribution in [0.2, 0.25) is 5.02 Å². The van der Waals surface area contributed by atoms with Crippen LogP contribution in [-0.2, 0) is 9.84 Å². The third kappa shape index (κ3) is 4.97. The summed E-state index contributed by atoms with van der Waals surface area (Å²) in [5, 5.41) is 11.2. The highest BCUT2D eigenvalue weighted by atomic mass is 35.5. The number of nitrogens with zero attached hydrogens (tertiary/aromatic N) is 3. The molecule has 0 spiro atoms. The summed E-state index contributed by atoms with van der Waals surface area (Å²) in [4.78, 5) is 14.9. The van der Waals surface area contributed by atoms with Crippen LogP contribution in [0, 0.1) is 10.1 Å². The van der Waals surface area contributed by atoms with Crippen LogP contribution in [0.1, 0.15) is 0 Å². The Morgan fingerprint density at radius 2 is 1.56 bits per heavy atom. The van der Waals surface area contributed by atoms with Crippen LogP contribution in [-0.4, -0.2) is 56.7 Å². The fourth-order valence-electron chi connectivity index (χ4n) is 3.02. The lowest BCUT2D eigenvalue weighted by molar-refractivity contribution is -0.384. The Bertz CT molecular complexity index is 893. The molecule has 0 atom stereocenters. The maximum atomic E-state index is 12.4. The van der Waals surface area contributed by atoms with Crippen molar-refractivity contribution in [3.05, 3.63) is 63.7 Å². The highest BCUT2D eigenvalue weighted by molar-refractivity contribution is 7.91. The van der Waals surface area contributed by atoms with Crippen LogP contribution in [0.15, 0.2) is 53.4 Å². The maximum Gasteiger partial charge on any atom is 0.269 e. The number of hydrogen-bond donors (Lipinski definition) is 0. The quantitative estimate of drug-likeness (QED) is 0.538. The van der Waals surface area contributed by atoms with Gasteiger partial charge in [0.1, 0.15) is 0 Å². The summed E-state index contributed by atoms with van der Waals surface area (Å²) in [6.07, 6.45) is 0. The lowest BCUT2D eigenvalue weighted by atomic mass is 10.2. The molecule has 0 saturated carbocycles. The van der Waals surface area contributed by atoms with Gasteiger partial charge in [-0.1, -0.05) is 11.6 Å². The smallest absolute Gasteiger partial charge is 0.269 e. The highest BCUT2D eigenvalue weighted by Gasteiger charge is 2.21. The van der Waals surface area contributed by atoms with Gasteiger partial charge in [-0.3, -0.25) is 15.0 Å². The molecule has 0 unspecified atom stereocenters. The summed E-state index contributed by atoms with van der Waals surface area (Å²) < 4.78 is 24.8. The molecule has 7 nitrogen and oxygen atoms in total. The van der Waals surface area contributed by atoms with E-state index in [1.54, 1.807) is 24.3 Å². The van der Waals surface area contributed by atoms with Crippen LogP contribution < -0.4 is 4.90 Å². The van der Waals surface area contributed by atoms with Gasteiger partial charge in [0.25, 0.3) is 5.69 Å². The molecule has 0 aliphatic carbocycles. The number of nitro benzene ring substituents is 1. The topological polar surface area (TPSA) is 83.8 Å². The molecule has 0 N–H and O–H groups in total. The van der Waals surface area contributed by atoms with Crippen molar-refractivity contribution in [2.24, 2.45) is 0 Å². The van der Waals surface area contributed by atoms with Gasteiger partial charge in [-0.05, 0) is 36.4 Å². The minimum atomic E-state index is -3.33. The third-order valence-electron chi connectivity index (χ3n) is 4.65. The molecule has 3 rings (SSSR count). The van der Waals surface area contributed by atoms with Gasteiger partial charge in [0.05, 0.1) is 15.6 Å². The van der Waals surface area contributed by atoms with Gasteiger partial charge in [0.15, 0.2) is 9.84 Å². The fraction of sp³-hybridized carbons (Fsp3) is 0.333. The number of rotatable bonds is 6. The zero-order valence-corrected chi connectivity index (χ0v) is 16.2. The summed E-state index contributed by atoms with van der Waals surface area (Å²) in [7, 11) is -3.33. The van der Waals surface area contributed by atoms with E-state index in [4.69, 9.17) is 11.6 Å². The predicted molar refractivity (Wildman–Crippen MR) is 105 cm³/mol. The number of anilines is 1. The lowest BCUT2D eigenvalue weighted by Gasteiger charge is -2.36. The van der Waals surface area contributed by atoms with Gasteiger partial charge < -0.3 is 4.90 Å². The Morgan fingerprint density at radius 3 is 2.11 bits per heavy atom. The van der Waals surface area contributed by atoms with E-state index in [0.717, 1.165) is 31.9 Å². The van der Waals surface area contributed by atoms with Crippen molar-refractivity contribution < 1.29 is 13.3 Å². The first-order chi connectivity index (χ1) is 12.8. The molecule has 2 aromatic carbocycles. The Kier molecular flexibility index (Phi) is 5.98. The first-order valence-corrected chi connectivity index (χ1v) is 10.6. The highest BCUT2D eigenvalue weighted by Crippen LogP contribution is 2.21. The van der Waals surface area contributed by atoms with Crippen molar-refractivity contribution in [3.63, 3.8) is 0 Å². The van der Waals surface area contributed by atoms with E-state index >= 15 is 0 Å². The number of benzene rings is 2. The molecular weight excluding hydrogens is 390 g/mol. The fourth-order valence-corrected chi connectivity index (χ4v) is 4.43. The molecule has 0 radical (unpaired) electrons. The van der Waals surface area contributed by atoms with E-state index in [1.165, 1.54) is 24.3 Å². The first kappa shape index (κ1) is 19.6. The van der Waals surface area contributed by atoms with Crippen molar-refractivity contribution in [2.75, 3.05) is 43.4 Å². The van der Waals surface area contributed by atoms with Crippen LogP contribution in [0.3, 0.4) is 0 Å². The van der Waals surface area contributed by atoms with Crippen molar-refractivity contribution in [1.82, 2.24) is 4.90 Å². The van der Waals surface area contributed by atoms with Gasteiger partial charge >= 0.3 is 0 Å². The molecular formula is C18H20ClN3O4S. The Labute approximate surface area is 163 Å². The monoisotopic (exact) mass is 409 g/mol. The van der Waals surface area contributed by atoms with Crippen molar-refractivity contribution in [2.45, 2.75) is 4.90 Å². The summed E-state index contributed by atoms with van der Waals surface area (Å²) in [6, 6.07) is 12.7. The van der Waals surface area contributed by atoms with E-state index in [1.807, 2.05) is 0 Å². The van der Waals surface area contributed by atoms with Crippen molar-refractivity contribution >= 4 is 32.8 Å². The second-order valence-electron chi connectivity index (χ2n) is 6.37. The summed E-state index contributed by atoms with van der Waals surface area (Å²) in [6.45, 7) is 3.46. The van der Waals surface area contributed by atoms with Crippen LogP contribution >= 0.6 is 11.6 Å². The second-order valence-corrected chi connectivity index (χ2v) is 8.92. The minimum Gasteiger partial charge on any atom is -0.369 e. The lowest BCUT2D eigenvalue weighted by Crippen LogP contribution is -2.47.